The number of Topliss-reactive ketones (excluding diaryl/α,β-unsaturated/α-hetero) is 1. The van der Waals surface area contributed by atoms with Crippen LogP contribution in [-0.4, -0.2) is 106 Å². The number of hydrogen-bond acceptors (Lipinski definition) is 10. The van der Waals surface area contributed by atoms with Crippen LogP contribution in [0.3, 0.4) is 0 Å². The fourth-order valence-corrected chi connectivity index (χ4v) is 13.8. The molecule has 10 nitrogen and oxygen atoms in total. The Morgan fingerprint density at radius 3 is 1.18 bits per heavy atom. The van der Waals surface area contributed by atoms with E-state index in [1.807, 2.05) is 13.8 Å². The monoisotopic (exact) mass is 1170 g/mol. The number of ketones is 1. The first-order valence-electron chi connectivity index (χ1n) is 28.1. The second-order valence-electron chi connectivity index (χ2n) is 28.2. The standard InChI is InChI=1S/C28H53ClO3Si.C13H27ClO2Si.C13H21ClO2.C6H15N.CO2/c1-23(2,3)20-22(26(10,11)18-16-14-15-17-19-29)30-33-31-27(12,24(4,5)6)21-28(13,32-33)25(7,8)9;1-10(2,3)12(7)9-13(8,11(4,5)6)16-17(14)15-12;1-11(15)10-12(16)13(2,3)8-6-4-5-7-9-14;1-4-7(5-2)6-3;2-1-3/h22,33H,14-15,17,19-21H2,1-13H3;17H,9H2,1-8H3;12,16H,4-5,7,9-10H2,1-3H3;4-6H2,1-3H3;/t22-,27?,28?,33?;;12-;;/m0.0../s1. The smallest absolute Gasteiger partial charge is 0.391 e. The SMILES string of the molecule is CC(=O)C[C@H](O)C(C)(C)C#CCCCCCl.CC(C)(C)C1(C)CC(C)(C(C)(C)C)O[SiH](Cl)O1.CC(C)(C)C[C@H](O[SiH]1OC(C)(C(C)(C)C)CC(C)(C(C)(C)C)O1)C(C)(C)C#CCCCCCl.CCN(CC)CC.O=C=O. The van der Waals surface area contributed by atoms with Gasteiger partial charge in [-0.3, -0.25) is 4.79 Å². The summed E-state index contributed by atoms with van der Waals surface area (Å²) in [4.78, 5) is 29.5. The van der Waals surface area contributed by atoms with Gasteiger partial charge in [-0.1, -0.05) is 136 Å². The number of aliphatic hydroxyl groups excluding tert-OH is 1. The lowest BCUT2D eigenvalue weighted by molar-refractivity contribution is -0.201. The third-order valence-electron chi connectivity index (χ3n) is 15.8. The number of halogens is 3. The molecule has 76 heavy (non-hydrogen) atoms. The van der Waals surface area contributed by atoms with Crippen LogP contribution in [0, 0.1) is 61.6 Å². The maximum Gasteiger partial charge on any atom is 0.485 e. The van der Waals surface area contributed by atoms with E-state index in [0.717, 1.165) is 57.8 Å². The number of alkyl halides is 2. The molecule has 2 aliphatic heterocycles. The van der Waals surface area contributed by atoms with Gasteiger partial charge in [0.05, 0.1) is 45.4 Å². The Morgan fingerprint density at radius 1 is 0.605 bits per heavy atom. The Bertz CT molecular complexity index is 1760. The van der Waals surface area contributed by atoms with Gasteiger partial charge in [0, 0.05) is 43.9 Å². The first-order valence-corrected chi connectivity index (χ1v) is 33.3. The second kappa shape index (κ2) is 34.0. The van der Waals surface area contributed by atoms with Crippen LogP contribution >= 0.6 is 34.3 Å². The molecule has 2 rings (SSSR count). The van der Waals surface area contributed by atoms with Crippen molar-refractivity contribution in [2.75, 3.05) is 31.4 Å². The fourth-order valence-electron chi connectivity index (χ4n) is 7.88. The van der Waals surface area contributed by atoms with Gasteiger partial charge in [0.25, 0.3) is 0 Å². The molecule has 0 aromatic heterocycles. The summed E-state index contributed by atoms with van der Waals surface area (Å²) < 4.78 is 32.4. The van der Waals surface area contributed by atoms with Crippen LogP contribution in [0.25, 0.3) is 0 Å². The number of carbonyl (C=O) groups excluding carboxylic acids is 3. The number of unbranched alkanes of at least 4 members (excludes halogenated alkanes) is 4. The minimum Gasteiger partial charge on any atom is -0.391 e. The molecule has 448 valence electrons. The highest BCUT2D eigenvalue weighted by molar-refractivity contribution is 6.99. The summed E-state index contributed by atoms with van der Waals surface area (Å²) in [5.41, 5.74) is -1.75. The number of rotatable bonds is 16. The van der Waals surface area contributed by atoms with Crippen LogP contribution in [0.4, 0.5) is 0 Å². The molecule has 0 amide bonds. The number of nitrogens with zero attached hydrogens (tertiary/aromatic N) is 1. The zero-order chi connectivity index (χ0) is 60.6. The van der Waals surface area contributed by atoms with Crippen molar-refractivity contribution in [3.63, 3.8) is 0 Å². The van der Waals surface area contributed by atoms with Gasteiger partial charge in [-0.05, 0) is 141 Å². The lowest BCUT2D eigenvalue weighted by Crippen LogP contribution is -2.64. The average Bonchev–Trinajstić information content (AvgIpc) is 3.22. The molecule has 1 N–H and O–H groups in total. The molecule has 0 aromatic rings. The highest BCUT2D eigenvalue weighted by atomic mass is 35.6. The minimum atomic E-state index is -2.46. The first kappa shape index (κ1) is 79.4. The van der Waals surface area contributed by atoms with Gasteiger partial charge in [0.2, 0.25) is 0 Å². The third kappa shape index (κ3) is 29.3. The fraction of sp³-hybridized carbons (Fsp3) is 0.902. The lowest BCUT2D eigenvalue weighted by Gasteiger charge is -2.57. The topological polar surface area (TPSA) is 121 Å². The normalized spacial score (nSPS) is 25.1. The Hall–Kier alpha value is -0.806. The van der Waals surface area contributed by atoms with Crippen molar-refractivity contribution in [1.29, 1.82) is 0 Å². The van der Waals surface area contributed by atoms with E-state index in [1.165, 1.54) is 26.6 Å². The average molecular weight is 1170 g/mol. The van der Waals surface area contributed by atoms with Gasteiger partial charge < -0.3 is 32.1 Å². The third-order valence-corrected chi connectivity index (χ3v) is 20.3. The molecule has 0 aromatic carbocycles. The van der Waals surface area contributed by atoms with Gasteiger partial charge in [0.15, 0.2) is 0 Å². The Labute approximate surface area is 486 Å². The molecular formula is C61H116Cl3NO9Si2. The quantitative estimate of drug-likeness (QED) is 0.0526. The van der Waals surface area contributed by atoms with Crippen molar-refractivity contribution < 1.29 is 41.6 Å². The zero-order valence-corrected chi connectivity index (χ0v) is 58.3. The molecule has 2 saturated heterocycles. The summed E-state index contributed by atoms with van der Waals surface area (Å²) in [5.74, 6) is 14.3. The van der Waals surface area contributed by atoms with E-state index in [9.17, 15) is 9.90 Å². The molecule has 0 spiro atoms. The predicted octanol–water partition coefficient (Wildman–Crippen LogP) is 15.5. The minimum absolute atomic E-state index is 0.00971. The number of aliphatic hydroxyl groups is 1. The van der Waals surface area contributed by atoms with Crippen LogP contribution in [0.15, 0.2) is 0 Å². The van der Waals surface area contributed by atoms with Crippen LogP contribution in [-0.2, 0) is 36.5 Å². The number of hydrogen-bond donors (Lipinski definition) is 1. The number of carbonyl (C=O) groups is 1. The van der Waals surface area contributed by atoms with Crippen LogP contribution < -0.4 is 0 Å². The van der Waals surface area contributed by atoms with Crippen molar-refractivity contribution in [3.05, 3.63) is 0 Å². The van der Waals surface area contributed by atoms with Gasteiger partial charge in [-0.2, -0.15) is 9.59 Å². The molecule has 2 heterocycles. The summed E-state index contributed by atoms with van der Waals surface area (Å²) in [6.07, 6.45) is 7.93. The van der Waals surface area contributed by atoms with E-state index in [0.29, 0.717) is 11.8 Å². The van der Waals surface area contributed by atoms with E-state index in [4.69, 9.17) is 66.0 Å². The maximum absolute atomic E-state index is 10.9. The van der Waals surface area contributed by atoms with Crippen molar-refractivity contribution in [1.82, 2.24) is 4.90 Å². The van der Waals surface area contributed by atoms with E-state index in [2.05, 4.69) is 195 Å². The highest BCUT2D eigenvalue weighted by Crippen LogP contribution is 2.52. The molecule has 2 fully saturated rings. The van der Waals surface area contributed by atoms with Crippen molar-refractivity contribution >= 4 is 64.3 Å². The Morgan fingerprint density at radius 2 is 0.921 bits per heavy atom. The van der Waals surface area contributed by atoms with E-state index in [-0.39, 0.29) is 79.4 Å². The van der Waals surface area contributed by atoms with Crippen molar-refractivity contribution in [2.45, 2.75) is 286 Å². The lowest BCUT2D eigenvalue weighted by atomic mass is 9.66. The van der Waals surface area contributed by atoms with Crippen LogP contribution in [0.2, 0.25) is 0 Å². The molecule has 0 aliphatic carbocycles. The zero-order valence-electron chi connectivity index (χ0n) is 53.7. The second-order valence-corrected chi connectivity index (χ2v) is 32.3. The van der Waals surface area contributed by atoms with E-state index in [1.54, 1.807) is 0 Å². The van der Waals surface area contributed by atoms with Crippen LogP contribution in [0.1, 0.15) is 251 Å². The molecule has 6 atom stereocenters. The summed E-state index contributed by atoms with van der Waals surface area (Å²) in [7, 11) is -4.53. The molecular weight excluding hydrogens is 1050 g/mol. The first-order chi connectivity index (χ1) is 34.1. The van der Waals surface area contributed by atoms with E-state index < -0.39 is 29.6 Å². The highest BCUT2D eigenvalue weighted by Gasteiger charge is 2.57. The Balaban J connectivity index is -0.00000104. The van der Waals surface area contributed by atoms with Gasteiger partial charge in [0.1, 0.15) is 5.78 Å². The predicted molar refractivity (Wildman–Crippen MR) is 326 cm³/mol. The summed E-state index contributed by atoms with van der Waals surface area (Å²) >= 11 is 17.7. The van der Waals surface area contributed by atoms with Gasteiger partial charge in [-0.15, -0.1) is 46.1 Å². The molecule has 0 saturated carbocycles. The van der Waals surface area contributed by atoms with E-state index >= 15 is 0 Å². The maximum atomic E-state index is 10.9. The van der Waals surface area contributed by atoms with Crippen molar-refractivity contribution in [2.24, 2.45) is 37.9 Å². The van der Waals surface area contributed by atoms with Crippen molar-refractivity contribution in [3.8, 4) is 23.7 Å². The molecule has 0 bridgehead atoms. The molecule has 2 aliphatic rings. The molecule has 4 unspecified atom stereocenters. The van der Waals surface area contributed by atoms with Gasteiger partial charge >= 0.3 is 24.3 Å². The summed E-state index contributed by atoms with van der Waals surface area (Å²) in [6, 6.07) is 0. The van der Waals surface area contributed by atoms with Crippen LogP contribution in [0.5, 0.6) is 0 Å². The molecule has 0 radical (unpaired) electrons. The summed E-state index contributed by atoms with van der Waals surface area (Å²) in [5, 5.41) is 9.81. The van der Waals surface area contributed by atoms with Gasteiger partial charge in [-0.25, -0.2) is 0 Å². The Kier molecular flexibility index (Phi) is 35.5. The largest absolute Gasteiger partial charge is 0.485 e. The molecule has 15 heteroatoms. The summed E-state index contributed by atoms with van der Waals surface area (Å²) in [6.45, 7) is 62.1.